The molecular formula is C19H29ClN4O3. The number of nitrogens with zero attached hydrogens (tertiary/aromatic N) is 1. The summed E-state index contributed by atoms with van der Waals surface area (Å²) in [5.41, 5.74) is 1.93. The van der Waals surface area contributed by atoms with E-state index in [-0.39, 0.29) is 36.4 Å². The molecule has 0 spiro atoms. The van der Waals surface area contributed by atoms with E-state index in [1.54, 1.807) is 0 Å². The molecule has 1 aromatic carbocycles. The summed E-state index contributed by atoms with van der Waals surface area (Å²) in [6.45, 7) is 5.96. The first-order valence-electron chi connectivity index (χ1n) is 9.34. The highest BCUT2D eigenvalue weighted by molar-refractivity contribution is 5.89. The fraction of sp³-hybridized carbons (Fsp3) is 0.579. The molecule has 0 radical (unpaired) electrons. The second-order valence-corrected chi connectivity index (χ2v) is 7.06. The van der Waals surface area contributed by atoms with Crippen LogP contribution in [0.4, 0.5) is 10.5 Å². The van der Waals surface area contributed by atoms with Gasteiger partial charge in [-0.05, 0) is 37.8 Å². The first kappa shape index (κ1) is 21.5. The number of rotatable bonds is 4. The Balaban J connectivity index is 0.00000261. The summed E-state index contributed by atoms with van der Waals surface area (Å²) < 4.78 is 5.57. The highest BCUT2D eigenvalue weighted by Crippen LogP contribution is 2.18. The molecule has 2 aliphatic rings. The third-order valence-corrected chi connectivity index (χ3v) is 4.89. The maximum Gasteiger partial charge on any atom is 0.319 e. The lowest BCUT2D eigenvalue weighted by Gasteiger charge is -2.36. The van der Waals surface area contributed by atoms with Gasteiger partial charge in [0, 0.05) is 38.4 Å². The van der Waals surface area contributed by atoms with Crippen LogP contribution < -0.4 is 16.0 Å². The topological polar surface area (TPSA) is 82.7 Å². The number of piperidine rings is 1. The van der Waals surface area contributed by atoms with Crippen molar-refractivity contribution in [2.75, 3.05) is 44.6 Å². The monoisotopic (exact) mass is 396 g/mol. The van der Waals surface area contributed by atoms with E-state index in [2.05, 4.69) is 16.0 Å². The summed E-state index contributed by atoms with van der Waals surface area (Å²) in [4.78, 5) is 26.5. The molecule has 1 aromatic rings. The molecule has 2 fully saturated rings. The van der Waals surface area contributed by atoms with Gasteiger partial charge in [0.2, 0.25) is 0 Å². The Hall–Kier alpha value is -1.83. The standard InChI is InChI=1S/C19H28N4O3.ClH/c1-14-4-6-16(7-5-14)22-19(25)21-11-15-3-2-9-23(13-15)18(24)17-12-20-8-10-26-17;/h4-7,15,17,20H,2-3,8-13H2,1H3,(H2,21,22,25);1H. The summed E-state index contributed by atoms with van der Waals surface area (Å²) in [5, 5.41) is 8.95. The lowest BCUT2D eigenvalue weighted by molar-refractivity contribution is -0.147. The van der Waals surface area contributed by atoms with Gasteiger partial charge in [-0.2, -0.15) is 0 Å². The number of halogens is 1. The maximum atomic E-state index is 12.6. The van der Waals surface area contributed by atoms with Gasteiger partial charge in [0.1, 0.15) is 6.10 Å². The van der Waals surface area contributed by atoms with Gasteiger partial charge in [-0.15, -0.1) is 12.4 Å². The number of ether oxygens (including phenoxy) is 1. The average Bonchev–Trinajstić information content (AvgIpc) is 2.68. The van der Waals surface area contributed by atoms with Crippen molar-refractivity contribution in [2.24, 2.45) is 5.92 Å². The van der Waals surface area contributed by atoms with Gasteiger partial charge in [0.25, 0.3) is 5.91 Å². The van der Waals surface area contributed by atoms with Crippen LogP contribution in [0.25, 0.3) is 0 Å². The first-order chi connectivity index (χ1) is 12.6. The van der Waals surface area contributed by atoms with Crippen LogP contribution in [0.1, 0.15) is 18.4 Å². The summed E-state index contributed by atoms with van der Waals surface area (Å²) in [6.07, 6.45) is 1.59. The quantitative estimate of drug-likeness (QED) is 0.724. The van der Waals surface area contributed by atoms with Crippen LogP contribution in [-0.2, 0) is 9.53 Å². The third-order valence-electron chi connectivity index (χ3n) is 4.89. The second kappa shape index (κ2) is 10.5. The number of carbonyl (C=O) groups excluding carboxylic acids is 2. The number of morpholine rings is 1. The molecule has 2 unspecified atom stereocenters. The van der Waals surface area contributed by atoms with E-state index < -0.39 is 0 Å². The van der Waals surface area contributed by atoms with Gasteiger partial charge in [0.05, 0.1) is 6.61 Å². The van der Waals surface area contributed by atoms with Gasteiger partial charge < -0.3 is 25.6 Å². The Morgan fingerprint density at radius 1 is 1.30 bits per heavy atom. The number of carbonyl (C=O) groups is 2. The zero-order valence-electron chi connectivity index (χ0n) is 15.7. The molecular weight excluding hydrogens is 368 g/mol. The predicted octanol–water partition coefficient (Wildman–Crippen LogP) is 1.77. The van der Waals surface area contributed by atoms with Gasteiger partial charge in [-0.25, -0.2) is 4.79 Å². The number of amides is 3. The largest absolute Gasteiger partial charge is 0.366 e. The molecule has 3 rings (SSSR count). The molecule has 3 N–H and O–H groups in total. The molecule has 0 bridgehead atoms. The second-order valence-electron chi connectivity index (χ2n) is 7.06. The molecule has 2 heterocycles. The maximum absolute atomic E-state index is 12.6. The summed E-state index contributed by atoms with van der Waals surface area (Å²) in [7, 11) is 0. The number of aryl methyl sites for hydroxylation is 1. The van der Waals surface area contributed by atoms with Gasteiger partial charge in [-0.1, -0.05) is 17.7 Å². The van der Waals surface area contributed by atoms with Crippen LogP contribution in [0.2, 0.25) is 0 Å². The summed E-state index contributed by atoms with van der Waals surface area (Å²) >= 11 is 0. The summed E-state index contributed by atoms with van der Waals surface area (Å²) in [6, 6.07) is 7.48. The number of hydrogen-bond acceptors (Lipinski definition) is 4. The van der Waals surface area contributed by atoms with E-state index in [0.717, 1.165) is 37.2 Å². The molecule has 8 heteroatoms. The molecule has 3 amide bonds. The number of anilines is 1. The Morgan fingerprint density at radius 2 is 2.07 bits per heavy atom. The first-order valence-corrected chi connectivity index (χ1v) is 9.34. The van der Waals surface area contributed by atoms with E-state index in [0.29, 0.717) is 26.2 Å². The van der Waals surface area contributed by atoms with Crippen molar-refractivity contribution in [3.63, 3.8) is 0 Å². The Kier molecular flexibility index (Phi) is 8.34. The third kappa shape index (κ3) is 6.37. The van der Waals surface area contributed by atoms with Crippen LogP contribution >= 0.6 is 12.4 Å². The minimum absolute atomic E-state index is 0. The number of hydrogen-bond donors (Lipinski definition) is 3. The molecule has 0 aliphatic carbocycles. The van der Waals surface area contributed by atoms with E-state index in [1.165, 1.54) is 0 Å². The number of likely N-dealkylation sites (tertiary alicyclic amines) is 1. The normalized spacial score (nSPS) is 22.5. The molecule has 2 saturated heterocycles. The van der Waals surface area contributed by atoms with E-state index in [1.807, 2.05) is 36.1 Å². The Morgan fingerprint density at radius 3 is 2.78 bits per heavy atom. The van der Waals surface area contributed by atoms with Crippen LogP contribution in [0.15, 0.2) is 24.3 Å². The highest BCUT2D eigenvalue weighted by Gasteiger charge is 2.30. The van der Waals surface area contributed by atoms with Crippen molar-refractivity contribution in [2.45, 2.75) is 25.9 Å². The van der Waals surface area contributed by atoms with Crippen molar-refractivity contribution in [1.82, 2.24) is 15.5 Å². The molecule has 7 nitrogen and oxygen atoms in total. The smallest absolute Gasteiger partial charge is 0.319 e. The molecule has 2 aliphatic heterocycles. The lowest BCUT2D eigenvalue weighted by atomic mass is 9.97. The van der Waals surface area contributed by atoms with Gasteiger partial charge in [0.15, 0.2) is 0 Å². The van der Waals surface area contributed by atoms with Crippen molar-refractivity contribution < 1.29 is 14.3 Å². The lowest BCUT2D eigenvalue weighted by Crippen LogP contribution is -2.52. The SMILES string of the molecule is Cc1ccc(NC(=O)NCC2CCCN(C(=O)C3CNCCO3)C2)cc1.Cl. The Labute approximate surface area is 166 Å². The van der Waals surface area contributed by atoms with Gasteiger partial charge >= 0.3 is 6.03 Å². The fourth-order valence-electron chi connectivity index (χ4n) is 3.41. The zero-order chi connectivity index (χ0) is 18.4. The average molecular weight is 397 g/mol. The van der Waals surface area contributed by atoms with Crippen LogP contribution in [-0.4, -0.2) is 62.3 Å². The number of benzene rings is 1. The van der Waals surface area contributed by atoms with Crippen molar-refractivity contribution in [1.29, 1.82) is 0 Å². The molecule has 27 heavy (non-hydrogen) atoms. The van der Waals surface area contributed by atoms with E-state index in [9.17, 15) is 9.59 Å². The number of urea groups is 1. The van der Waals surface area contributed by atoms with Crippen LogP contribution in [0.3, 0.4) is 0 Å². The van der Waals surface area contributed by atoms with Crippen LogP contribution in [0.5, 0.6) is 0 Å². The van der Waals surface area contributed by atoms with Gasteiger partial charge in [-0.3, -0.25) is 4.79 Å². The molecule has 0 saturated carbocycles. The zero-order valence-corrected chi connectivity index (χ0v) is 16.5. The minimum Gasteiger partial charge on any atom is -0.366 e. The minimum atomic E-state index is -0.375. The Bertz CT molecular complexity index is 620. The predicted molar refractivity (Wildman–Crippen MR) is 107 cm³/mol. The summed E-state index contributed by atoms with van der Waals surface area (Å²) in [5.74, 6) is 0.332. The van der Waals surface area contributed by atoms with Crippen LogP contribution in [0, 0.1) is 12.8 Å². The van der Waals surface area contributed by atoms with Crippen molar-refractivity contribution >= 4 is 30.0 Å². The molecule has 2 atom stereocenters. The van der Waals surface area contributed by atoms with Crippen molar-refractivity contribution in [3.8, 4) is 0 Å². The van der Waals surface area contributed by atoms with Crippen molar-refractivity contribution in [3.05, 3.63) is 29.8 Å². The van der Waals surface area contributed by atoms with E-state index in [4.69, 9.17) is 4.74 Å². The molecule has 0 aromatic heterocycles. The number of nitrogens with one attached hydrogen (secondary N) is 3. The highest BCUT2D eigenvalue weighted by atomic mass is 35.5. The van der Waals surface area contributed by atoms with E-state index >= 15 is 0 Å². The fourth-order valence-corrected chi connectivity index (χ4v) is 3.41. The molecule has 150 valence electrons.